The van der Waals surface area contributed by atoms with Crippen LogP contribution in [0.2, 0.25) is 0 Å². The number of nitriles is 1. The molecule has 0 spiro atoms. The highest BCUT2D eigenvalue weighted by Crippen LogP contribution is 2.35. The van der Waals surface area contributed by atoms with Crippen molar-refractivity contribution >= 4 is 17.7 Å². The standard InChI is InChI=1S/C9H4F4N2O3S/c10-6(8(17)18)19-7-3(2-14)4(9(11,12)13)1-5(16)15-7/h1,6H,(H,15,16)(H,17,18). The van der Waals surface area contributed by atoms with Gasteiger partial charge in [-0.05, 0) is 0 Å². The molecule has 1 aromatic rings. The molecule has 1 atom stereocenters. The summed E-state index contributed by atoms with van der Waals surface area (Å²) in [4.78, 5) is 23.1. The van der Waals surface area contributed by atoms with E-state index < -0.39 is 39.4 Å². The fourth-order valence-electron chi connectivity index (χ4n) is 1.11. The zero-order valence-electron chi connectivity index (χ0n) is 8.79. The Hall–Kier alpha value is -2.02. The third kappa shape index (κ3) is 3.47. The van der Waals surface area contributed by atoms with Crippen LogP contribution in [-0.2, 0) is 11.0 Å². The van der Waals surface area contributed by atoms with Crippen LogP contribution in [0.3, 0.4) is 0 Å². The van der Waals surface area contributed by atoms with Gasteiger partial charge in [-0.1, -0.05) is 11.8 Å². The molecule has 0 radical (unpaired) electrons. The lowest BCUT2D eigenvalue weighted by Gasteiger charge is -2.11. The molecule has 0 aromatic carbocycles. The van der Waals surface area contributed by atoms with E-state index >= 15 is 0 Å². The second kappa shape index (κ2) is 5.31. The Morgan fingerprint density at radius 2 is 2.11 bits per heavy atom. The first-order valence-electron chi connectivity index (χ1n) is 4.45. The minimum atomic E-state index is -4.98. The summed E-state index contributed by atoms with van der Waals surface area (Å²) < 4.78 is 50.6. The summed E-state index contributed by atoms with van der Waals surface area (Å²) in [5.41, 5.74) is -6.39. The third-order valence-corrected chi connectivity index (χ3v) is 2.79. The van der Waals surface area contributed by atoms with Gasteiger partial charge in [-0.2, -0.15) is 18.4 Å². The number of thioether (sulfide) groups is 1. The quantitative estimate of drug-likeness (QED) is 0.654. The normalized spacial score (nSPS) is 12.8. The van der Waals surface area contributed by atoms with Gasteiger partial charge in [0.2, 0.25) is 11.1 Å². The largest absolute Gasteiger partial charge is 0.478 e. The molecular weight excluding hydrogens is 292 g/mol. The number of aromatic nitrogens is 1. The Bertz CT molecular complexity index is 605. The van der Waals surface area contributed by atoms with Crippen LogP contribution in [0.1, 0.15) is 11.1 Å². The molecule has 19 heavy (non-hydrogen) atoms. The maximum Gasteiger partial charge on any atom is 0.417 e. The van der Waals surface area contributed by atoms with Gasteiger partial charge in [0.05, 0.1) is 16.2 Å². The van der Waals surface area contributed by atoms with Crippen LogP contribution in [0.4, 0.5) is 17.6 Å². The highest BCUT2D eigenvalue weighted by atomic mass is 32.2. The van der Waals surface area contributed by atoms with Crippen molar-refractivity contribution in [2.75, 3.05) is 0 Å². The lowest BCUT2D eigenvalue weighted by Crippen LogP contribution is -2.18. The van der Waals surface area contributed by atoms with Gasteiger partial charge < -0.3 is 10.1 Å². The van der Waals surface area contributed by atoms with Crippen molar-refractivity contribution in [1.82, 2.24) is 4.98 Å². The molecule has 0 fully saturated rings. The van der Waals surface area contributed by atoms with Gasteiger partial charge in [0, 0.05) is 6.07 Å². The number of halogens is 4. The second-order valence-electron chi connectivity index (χ2n) is 3.13. The van der Waals surface area contributed by atoms with Gasteiger partial charge >= 0.3 is 12.1 Å². The van der Waals surface area contributed by atoms with E-state index in [9.17, 15) is 27.2 Å². The maximum absolute atomic E-state index is 12.9. The molecule has 102 valence electrons. The first-order valence-corrected chi connectivity index (χ1v) is 5.33. The molecule has 1 heterocycles. The third-order valence-electron chi connectivity index (χ3n) is 1.84. The van der Waals surface area contributed by atoms with E-state index in [1.807, 2.05) is 0 Å². The number of hydrogen-bond donors (Lipinski definition) is 2. The first-order chi connectivity index (χ1) is 8.66. The average Bonchev–Trinajstić information content (AvgIpc) is 2.26. The van der Waals surface area contributed by atoms with E-state index in [1.54, 1.807) is 4.98 Å². The van der Waals surface area contributed by atoms with Crippen LogP contribution >= 0.6 is 11.8 Å². The first kappa shape index (κ1) is 15.0. The summed E-state index contributed by atoms with van der Waals surface area (Å²) in [5.74, 6) is -1.94. The summed E-state index contributed by atoms with van der Waals surface area (Å²) in [7, 11) is 0. The molecular formula is C9H4F4N2O3S. The molecule has 0 aliphatic heterocycles. The Morgan fingerprint density at radius 3 is 2.53 bits per heavy atom. The molecule has 10 heteroatoms. The number of carboxylic acid groups (broad SMARTS) is 1. The van der Waals surface area contributed by atoms with E-state index in [2.05, 4.69) is 0 Å². The smallest absolute Gasteiger partial charge is 0.417 e. The van der Waals surface area contributed by atoms with Crippen molar-refractivity contribution in [3.8, 4) is 6.07 Å². The predicted octanol–water partition coefficient (Wildman–Crippen LogP) is 1.74. The van der Waals surface area contributed by atoms with Crippen LogP contribution in [0.5, 0.6) is 0 Å². The molecule has 0 aliphatic rings. The van der Waals surface area contributed by atoms with Crippen molar-refractivity contribution in [3.63, 3.8) is 0 Å². The summed E-state index contributed by atoms with van der Waals surface area (Å²) >= 11 is -0.197. The number of hydrogen-bond acceptors (Lipinski definition) is 4. The number of aliphatic carboxylic acids is 1. The van der Waals surface area contributed by atoms with Gasteiger partial charge in [0.1, 0.15) is 6.07 Å². The van der Waals surface area contributed by atoms with Gasteiger partial charge in [0.15, 0.2) is 0 Å². The molecule has 1 rings (SSSR count). The summed E-state index contributed by atoms with van der Waals surface area (Å²) in [6, 6.07) is 1.32. The summed E-state index contributed by atoms with van der Waals surface area (Å²) in [6.45, 7) is 0. The molecule has 1 unspecified atom stereocenters. The lowest BCUT2D eigenvalue weighted by molar-refractivity contribution is -0.139. The zero-order valence-corrected chi connectivity index (χ0v) is 9.60. The SMILES string of the molecule is N#Cc1c(C(F)(F)F)cc(=O)[nH]c1SC(F)C(=O)O. The molecule has 1 aromatic heterocycles. The van der Waals surface area contributed by atoms with Crippen molar-refractivity contribution in [1.29, 1.82) is 5.26 Å². The number of rotatable bonds is 3. The maximum atomic E-state index is 12.9. The number of carboxylic acids is 1. The van der Waals surface area contributed by atoms with Gasteiger partial charge in [-0.3, -0.25) is 4.79 Å². The average molecular weight is 296 g/mol. The van der Waals surface area contributed by atoms with Crippen molar-refractivity contribution in [2.24, 2.45) is 0 Å². The van der Waals surface area contributed by atoms with Crippen molar-refractivity contribution in [3.05, 3.63) is 27.5 Å². The van der Waals surface area contributed by atoms with E-state index in [0.717, 1.165) is 0 Å². The number of nitrogens with one attached hydrogen (secondary N) is 1. The number of nitrogens with zero attached hydrogens (tertiary/aromatic N) is 1. The van der Waals surface area contributed by atoms with Crippen molar-refractivity contribution in [2.45, 2.75) is 16.7 Å². The van der Waals surface area contributed by atoms with Gasteiger partial charge in [0.25, 0.3) is 0 Å². The van der Waals surface area contributed by atoms with E-state index in [1.165, 1.54) is 6.07 Å². The van der Waals surface area contributed by atoms with E-state index in [-0.39, 0.29) is 17.8 Å². The number of pyridine rings is 1. The van der Waals surface area contributed by atoms with Crippen LogP contribution in [0, 0.1) is 11.3 Å². The Morgan fingerprint density at radius 1 is 1.53 bits per heavy atom. The highest BCUT2D eigenvalue weighted by Gasteiger charge is 2.36. The van der Waals surface area contributed by atoms with Crippen molar-refractivity contribution < 1.29 is 27.5 Å². The summed E-state index contributed by atoms with van der Waals surface area (Å²) in [6.07, 6.45) is -4.98. The Labute approximate surface area is 106 Å². The molecule has 0 saturated carbocycles. The topological polar surface area (TPSA) is 94.0 Å². The van der Waals surface area contributed by atoms with Gasteiger partial charge in [-0.25, -0.2) is 9.18 Å². The number of carbonyl (C=O) groups is 1. The van der Waals surface area contributed by atoms with Gasteiger partial charge in [-0.15, -0.1) is 0 Å². The fraction of sp³-hybridized carbons (Fsp3) is 0.222. The highest BCUT2D eigenvalue weighted by molar-refractivity contribution is 8.00. The Kier molecular flexibility index (Phi) is 4.21. The van der Waals surface area contributed by atoms with Crippen LogP contribution in [0.25, 0.3) is 0 Å². The molecule has 5 nitrogen and oxygen atoms in total. The lowest BCUT2D eigenvalue weighted by atomic mass is 10.1. The van der Waals surface area contributed by atoms with Crippen LogP contribution < -0.4 is 5.56 Å². The van der Waals surface area contributed by atoms with Crippen LogP contribution in [-0.4, -0.2) is 21.6 Å². The van der Waals surface area contributed by atoms with E-state index in [0.29, 0.717) is 0 Å². The summed E-state index contributed by atoms with van der Waals surface area (Å²) in [5, 5.41) is 16.2. The molecule has 0 amide bonds. The molecule has 0 aliphatic carbocycles. The monoisotopic (exact) mass is 296 g/mol. The number of alkyl halides is 4. The minimum absolute atomic E-state index is 0.149. The second-order valence-corrected chi connectivity index (χ2v) is 4.19. The number of H-pyrrole nitrogens is 1. The van der Waals surface area contributed by atoms with E-state index in [4.69, 9.17) is 10.4 Å². The molecule has 0 saturated heterocycles. The minimum Gasteiger partial charge on any atom is -0.478 e. The predicted molar refractivity (Wildman–Crippen MR) is 55.2 cm³/mol. The zero-order chi connectivity index (χ0) is 14.8. The fourth-order valence-corrected chi connectivity index (χ4v) is 1.85. The molecule has 0 bridgehead atoms. The number of aromatic amines is 1. The Balaban J connectivity index is 3.41. The van der Waals surface area contributed by atoms with Crippen LogP contribution in [0.15, 0.2) is 15.9 Å². The molecule has 2 N–H and O–H groups in total.